The van der Waals surface area contributed by atoms with Crippen molar-refractivity contribution < 1.29 is 19.0 Å². The second-order valence-electron chi connectivity index (χ2n) is 8.29. The van der Waals surface area contributed by atoms with Gasteiger partial charge in [0.1, 0.15) is 5.75 Å². The molecule has 5 nitrogen and oxygen atoms in total. The lowest BCUT2D eigenvalue weighted by Crippen LogP contribution is -2.29. The fourth-order valence-corrected chi connectivity index (χ4v) is 5.77. The fraction of sp³-hybridized carbons (Fsp3) is 0.296. The van der Waals surface area contributed by atoms with Gasteiger partial charge in [-0.3, -0.25) is 4.79 Å². The smallest absolute Gasteiger partial charge is 0.162 e. The highest BCUT2D eigenvalue weighted by Gasteiger charge is 2.39. The molecule has 2 aliphatic rings. The molecule has 0 unspecified atom stereocenters. The summed E-state index contributed by atoms with van der Waals surface area (Å²) in [5.41, 5.74) is 4.88. The Labute approximate surface area is 198 Å². The number of methoxy groups -OCH3 is 2. The molecule has 170 valence electrons. The summed E-state index contributed by atoms with van der Waals surface area (Å²) in [5.74, 6) is 2.36. The molecule has 0 fully saturated rings. The Morgan fingerprint density at radius 1 is 1.03 bits per heavy atom. The molecule has 1 aliphatic carbocycles. The molecular weight excluding hydrogens is 434 g/mol. The minimum absolute atomic E-state index is 0.177. The number of hydrogen-bond donors (Lipinski definition) is 1. The molecule has 33 heavy (non-hydrogen) atoms. The van der Waals surface area contributed by atoms with E-state index in [-0.39, 0.29) is 17.6 Å². The SMILES string of the molecule is CCOc1ccc([C@@H]2C3=C(C[C@H](c4cccs4)CC3=O)Nc3cc(OC)c(OC)cc32)cc1. The standard InChI is InChI=1S/C27H27NO4S/c1-4-32-18-9-7-16(8-10-18)26-19-14-23(30-2)24(31-3)15-20(19)28-21-12-17(13-22(29)27(21)26)25-6-5-11-33-25/h5-11,14-15,17,26,28H,4,12-13H2,1-3H3/t17-,26-/m0/s1. The van der Waals surface area contributed by atoms with Crippen LogP contribution in [0, 0.1) is 0 Å². The van der Waals surface area contributed by atoms with E-state index in [9.17, 15) is 4.79 Å². The minimum atomic E-state index is -0.177. The Balaban J connectivity index is 1.64. The van der Waals surface area contributed by atoms with E-state index in [0.717, 1.165) is 40.3 Å². The molecule has 5 rings (SSSR count). The zero-order valence-electron chi connectivity index (χ0n) is 19.0. The van der Waals surface area contributed by atoms with Gasteiger partial charge >= 0.3 is 0 Å². The highest BCUT2D eigenvalue weighted by molar-refractivity contribution is 7.10. The Bertz CT molecular complexity index is 1200. The molecule has 1 aliphatic heterocycles. The first kappa shape index (κ1) is 21.6. The van der Waals surface area contributed by atoms with Crippen molar-refractivity contribution in [3.63, 3.8) is 0 Å². The normalized spacial score (nSPS) is 19.4. The summed E-state index contributed by atoms with van der Waals surface area (Å²) in [4.78, 5) is 14.9. The monoisotopic (exact) mass is 461 g/mol. The van der Waals surface area contributed by atoms with Crippen LogP contribution in [0.2, 0.25) is 0 Å². The van der Waals surface area contributed by atoms with E-state index in [4.69, 9.17) is 14.2 Å². The summed E-state index contributed by atoms with van der Waals surface area (Å²) in [7, 11) is 3.27. The first-order valence-corrected chi connectivity index (χ1v) is 12.1. The average molecular weight is 462 g/mol. The van der Waals surface area contributed by atoms with Gasteiger partial charge in [-0.05, 0) is 54.1 Å². The van der Waals surface area contributed by atoms with Gasteiger partial charge in [0, 0.05) is 46.2 Å². The maximum absolute atomic E-state index is 13.6. The van der Waals surface area contributed by atoms with Crippen LogP contribution in [-0.2, 0) is 4.79 Å². The number of nitrogens with one attached hydrogen (secondary N) is 1. The van der Waals surface area contributed by atoms with Crippen LogP contribution >= 0.6 is 11.3 Å². The summed E-state index contributed by atoms with van der Waals surface area (Å²) in [5, 5.41) is 5.66. The lowest BCUT2D eigenvalue weighted by atomic mass is 9.73. The molecule has 0 saturated heterocycles. The first-order chi connectivity index (χ1) is 16.1. The number of carbonyl (C=O) groups excluding carboxylic acids is 1. The number of thiophene rings is 1. The molecule has 2 heterocycles. The van der Waals surface area contributed by atoms with Gasteiger partial charge in [0.25, 0.3) is 0 Å². The predicted octanol–water partition coefficient (Wildman–Crippen LogP) is 6.12. The topological polar surface area (TPSA) is 56.8 Å². The third-order valence-electron chi connectivity index (χ3n) is 6.42. The highest BCUT2D eigenvalue weighted by atomic mass is 32.1. The molecule has 0 saturated carbocycles. The molecule has 0 amide bonds. The van der Waals surface area contributed by atoms with E-state index in [1.54, 1.807) is 25.6 Å². The quantitative estimate of drug-likeness (QED) is 0.479. The van der Waals surface area contributed by atoms with Crippen LogP contribution in [0.4, 0.5) is 5.69 Å². The van der Waals surface area contributed by atoms with Crippen LogP contribution in [0.3, 0.4) is 0 Å². The van der Waals surface area contributed by atoms with Crippen LogP contribution in [0.5, 0.6) is 17.2 Å². The van der Waals surface area contributed by atoms with Crippen LogP contribution in [0.15, 0.2) is 65.2 Å². The van der Waals surface area contributed by atoms with E-state index in [0.29, 0.717) is 24.5 Å². The van der Waals surface area contributed by atoms with E-state index in [2.05, 4.69) is 35.0 Å². The molecule has 0 bridgehead atoms. The lowest BCUT2D eigenvalue weighted by molar-refractivity contribution is -0.116. The molecule has 0 radical (unpaired) electrons. The summed E-state index contributed by atoms with van der Waals surface area (Å²) < 4.78 is 16.8. The summed E-state index contributed by atoms with van der Waals surface area (Å²) in [6.45, 7) is 2.59. The molecule has 2 atom stereocenters. The predicted molar refractivity (Wildman–Crippen MR) is 131 cm³/mol. The first-order valence-electron chi connectivity index (χ1n) is 11.2. The Kier molecular flexibility index (Phi) is 5.85. The summed E-state index contributed by atoms with van der Waals surface area (Å²) >= 11 is 1.72. The number of Topliss-reactive ketones (excluding diaryl/α,β-unsaturated/α-hetero) is 1. The average Bonchev–Trinajstić information content (AvgIpc) is 3.38. The van der Waals surface area contributed by atoms with E-state index in [1.165, 1.54) is 4.88 Å². The molecule has 2 aromatic carbocycles. The number of anilines is 1. The van der Waals surface area contributed by atoms with Crippen molar-refractivity contribution in [2.75, 3.05) is 26.1 Å². The van der Waals surface area contributed by atoms with Crippen molar-refractivity contribution in [2.24, 2.45) is 0 Å². The maximum atomic E-state index is 13.6. The molecular formula is C27H27NO4S. The van der Waals surface area contributed by atoms with E-state index in [1.807, 2.05) is 31.2 Å². The molecule has 1 N–H and O–H groups in total. The molecule has 0 spiro atoms. The van der Waals surface area contributed by atoms with Crippen molar-refractivity contribution >= 4 is 22.8 Å². The number of rotatable bonds is 6. The second-order valence-corrected chi connectivity index (χ2v) is 9.27. The van der Waals surface area contributed by atoms with Crippen molar-refractivity contribution in [1.82, 2.24) is 0 Å². The van der Waals surface area contributed by atoms with E-state index < -0.39 is 0 Å². The van der Waals surface area contributed by atoms with Crippen LogP contribution < -0.4 is 19.5 Å². The number of allylic oxidation sites excluding steroid dienone is 2. The van der Waals surface area contributed by atoms with Gasteiger partial charge in [0.05, 0.1) is 20.8 Å². The highest BCUT2D eigenvalue weighted by Crippen LogP contribution is 2.50. The van der Waals surface area contributed by atoms with Crippen LogP contribution in [-0.4, -0.2) is 26.6 Å². The van der Waals surface area contributed by atoms with Gasteiger partial charge in [0.15, 0.2) is 17.3 Å². The Morgan fingerprint density at radius 2 is 1.79 bits per heavy atom. The van der Waals surface area contributed by atoms with Gasteiger partial charge in [-0.15, -0.1) is 11.3 Å². The number of fused-ring (bicyclic) bond motifs is 1. The van der Waals surface area contributed by atoms with Gasteiger partial charge in [-0.2, -0.15) is 0 Å². The van der Waals surface area contributed by atoms with Crippen molar-refractivity contribution in [1.29, 1.82) is 0 Å². The van der Waals surface area contributed by atoms with Crippen molar-refractivity contribution in [3.05, 3.63) is 81.2 Å². The third-order valence-corrected chi connectivity index (χ3v) is 7.45. The van der Waals surface area contributed by atoms with Gasteiger partial charge in [-0.1, -0.05) is 18.2 Å². The van der Waals surface area contributed by atoms with Gasteiger partial charge < -0.3 is 19.5 Å². The lowest BCUT2D eigenvalue weighted by Gasteiger charge is -2.36. The van der Waals surface area contributed by atoms with Crippen LogP contribution in [0.25, 0.3) is 0 Å². The number of carbonyl (C=O) groups is 1. The number of hydrogen-bond acceptors (Lipinski definition) is 6. The fourth-order valence-electron chi connectivity index (χ4n) is 4.94. The zero-order valence-corrected chi connectivity index (χ0v) is 19.8. The largest absolute Gasteiger partial charge is 0.494 e. The molecule has 6 heteroatoms. The molecule has 3 aromatic rings. The Morgan fingerprint density at radius 3 is 2.45 bits per heavy atom. The zero-order chi connectivity index (χ0) is 22.9. The molecule has 1 aromatic heterocycles. The maximum Gasteiger partial charge on any atom is 0.162 e. The summed E-state index contributed by atoms with van der Waals surface area (Å²) in [6.07, 6.45) is 1.33. The van der Waals surface area contributed by atoms with Crippen molar-refractivity contribution in [2.45, 2.75) is 31.6 Å². The summed E-state index contributed by atoms with van der Waals surface area (Å²) in [6, 6.07) is 16.2. The van der Waals surface area contributed by atoms with Crippen LogP contribution in [0.1, 0.15) is 47.6 Å². The van der Waals surface area contributed by atoms with Crippen molar-refractivity contribution in [3.8, 4) is 17.2 Å². The van der Waals surface area contributed by atoms with E-state index >= 15 is 0 Å². The minimum Gasteiger partial charge on any atom is -0.494 e. The number of ketones is 1. The second kappa shape index (κ2) is 8.94. The third kappa shape index (κ3) is 3.89. The Hall–Kier alpha value is -3.25. The number of ether oxygens (including phenoxy) is 3. The van der Waals surface area contributed by atoms with Gasteiger partial charge in [0.2, 0.25) is 0 Å². The van der Waals surface area contributed by atoms with Gasteiger partial charge in [-0.25, -0.2) is 0 Å². The number of benzene rings is 2.